The Morgan fingerprint density at radius 1 is 1.11 bits per heavy atom. The number of piperidine rings is 1. The molecule has 144 valence electrons. The highest BCUT2D eigenvalue weighted by Gasteiger charge is 2.46. The molecule has 7 nitrogen and oxygen atoms in total. The Bertz CT molecular complexity index is 768. The van der Waals surface area contributed by atoms with E-state index in [9.17, 15) is 24.3 Å². The third-order valence-corrected chi connectivity index (χ3v) is 5.52. The van der Waals surface area contributed by atoms with Crippen molar-refractivity contribution >= 4 is 23.7 Å². The van der Waals surface area contributed by atoms with Crippen LogP contribution in [0.5, 0.6) is 0 Å². The van der Waals surface area contributed by atoms with Gasteiger partial charge in [0.25, 0.3) is 11.8 Å². The van der Waals surface area contributed by atoms with Crippen LogP contribution < -0.4 is 0 Å². The molecule has 1 fully saturated rings. The van der Waals surface area contributed by atoms with Crippen LogP contribution in [0.25, 0.3) is 0 Å². The molecule has 0 radical (unpaired) electrons. The molecule has 3 atom stereocenters. The molecule has 0 aliphatic carbocycles. The van der Waals surface area contributed by atoms with Gasteiger partial charge in [-0.25, -0.2) is 0 Å². The number of likely N-dealkylation sites (tertiary alicyclic amines) is 1. The van der Waals surface area contributed by atoms with Gasteiger partial charge in [0, 0.05) is 13.1 Å². The van der Waals surface area contributed by atoms with Gasteiger partial charge in [-0.15, -0.1) is 0 Å². The van der Waals surface area contributed by atoms with Crippen molar-refractivity contribution in [2.24, 2.45) is 17.8 Å². The van der Waals surface area contributed by atoms with Gasteiger partial charge in [0.05, 0.1) is 17.0 Å². The van der Waals surface area contributed by atoms with Gasteiger partial charge in [0.2, 0.25) is 5.91 Å². The molecule has 1 aromatic rings. The molecule has 3 rings (SSSR count). The SMILES string of the molecule is CC(C)C(C(=O)N1CCC(C(=O)O)C(C)C1)N1C(=O)c2ccccc2C1=O. The average molecular weight is 372 g/mol. The van der Waals surface area contributed by atoms with Crippen LogP contribution in [0, 0.1) is 17.8 Å². The molecule has 2 aliphatic heterocycles. The number of rotatable bonds is 4. The molecule has 1 saturated heterocycles. The van der Waals surface area contributed by atoms with Crippen LogP contribution in [-0.4, -0.2) is 57.7 Å². The number of benzene rings is 1. The molecule has 0 spiro atoms. The van der Waals surface area contributed by atoms with E-state index < -0.39 is 29.7 Å². The molecule has 1 N–H and O–H groups in total. The minimum absolute atomic E-state index is 0.185. The maximum Gasteiger partial charge on any atom is 0.306 e. The zero-order valence-corrected chi connectivity index (χ0v) is 15.7. The summed E-state index contributed by atoms with van der Waals surface area (Å²) in [5.74, 6) is -2.97. The number of nitrogens with zero attached hydrogens (tertiary/aromatic N) is 2. The van der Waals surface area contributed by atoms with E-state index in [-0.39, 0.29) is 17.7 Å². The van der Waals surface area contributed by atoms with Crippen molar-refractivity contribution in [2.75, 3.05) is 13.1 Å². The summed E-state index contributed by atoms with van der Waals surface area (Å²) in [5, 5.41) is 9.27. The lowest BCUT2D eigenvalue weighted by molar-refractivity contribution is -0.149. The number of aliphatic carboxylic acids is 1. The predicted octanol–water partition coefficient (Wildman–Crippen LogP) is 1.88. The van der Waals surface area contributed by atoms with E-state index in [2.05, 4.69) is 0 Å². The lowest BCUT2D eigenvalue weighted by atomic mass is 9.86. The van der Waals surface area contributed by atoms with E-state index in [1.54, 1.807) is 43.0 Å². The second-order valence-electron chi connectivity index (χ2n) is 7.71. The monoisotopic (exact) mass is 372 g/mol. The minimum atomic E-state index is -0.897. The second kappa shape index (κ2) is 7.13. The van der Waals surface area contributed by atoms with Crippen LogP contribution in [0.1, 0.15) is 47.9 Å². The van der Waals surface area contributed by atoms with Gasteiger partial charge < -0.3 is 10.0 Å². The normalized spacial score (nSPS) is 23.6. The number of fused-ring (bicyclic) bond motifs is 1. The number of carbonyl (C=O) groups excluding carboxylic acids is 3. The average Bonchev–Trinajstić information content (AvgIpc) is 2.87. The first kappa shape index (κ1) is 19.1. The third kappa shape index (κ3) is 3.22. The summed E-state index contributed by atoms with van der Waals surface area (Å²) in [6.07, 6.45) is 0.370. The molecule has 3 amide bonds. The van der Waals surface area contributed by atoms with Gasteiger partial charge in [-0.3, -0.25) is 24.1 Å². The molecule has 2 aliphatic rings. The number of carboxylic acids is 1. The highest BCUT2D eigenvalue weighted by molar-refractivity contribution is 6.22. The van der Waals surface area contributed by atoms with Crippen LogP contribution in [0.3, 0.4) is 0 Å². The van der Waals surface area contributed by atoms with Crippen molar-refractivity contribution < 1.29 is 24.3 Å². The minimum Gasteiger partial charge on any atom is -0.481 e. The van der Waals surface area contributed by atoms with E-state index >= 15 is 0 Å². The Morgan fingerprint density at radius 2 is 1.67 bits per heavy atom. The fourth-order valence-electron chi connectivity index (χ4n) is 4.05. The van der Waals surface area contributed by atoms with Crippen molar-refractivity contribution in [3.05, 3.63) is 35.4 Å². The summed E-state index contributed by atoms with van der Waals surface area (Å²) >= 11 is 0. The van der Waals surface area contributed by atoms with Gasteiger partial charge in [0.1, 0.15) is 6.04 Å². The molecular formula is C20H24N2O5. The maximum absolute atomic E-state index is 13.2. The second-order valence-corrected chi connectivity index (χ2v) is 7.71. The molecule has 0 saturated carbocycles. The lowest BCUT2D eigenvalue weighted by Crippen LogP contribution is -2.56. The Hall–Kier alpha value is -2.70. The largest absolute Gasteiger partial charge is 0.481 e. The van der Waals surface area contributed by atoms with Crippen LogP contribution >= 0.6 is 0 Å². The Balaban J connectivity index is 1.85. The highest BCUT2D eigenvalue weighted by Crippen LogP contribution is 2.30. The molecule has 7 heteroatoms. The Morgan fingerprint density at radius 3 is 2.11 bits per heavy atom. The van der Waals surface area contributed by atoms with Gasteiger partial charge in [-0.1, -0.05) is 32.9 Å². The summed E-state index contributed by atoms with van der Waals surface area (Å²) < 4.78 is 0. The van der Waals surface area contributed by atoms with Crippen LogP contribution in [0.2, 0.25) is 0 Å². The fourth-order valence-corrected chi connectivity index (χ4v) is 4.05. The molecule has 27 heavy (non-hydrogen) atoms. The number of carbonyl (C=O) groups is 4. The van der Waals surface area contributed by atoms with E-state index in [0.29, 0.717) is 30.6 Å². The standard InChI is InChI=1S/C20H24N2O5/c1-11(2)16(19(25)21-9-8-13(20(26)27)12(3)10-21)22-17(23)14-6-4-5-7-15(14)18(22)24/h4-7,11-13,16H,8-10H2,1-3H3,(H,26,27). The first-order valence-electron chi connectivity index (χ1n) is 9.22. The van der Waals surface area contributed by atoms with Crippen molar-refractivity contribution in [1.82, 2.24) is 9.80 Å². The number of imide groups is 1. The molecule has 0 aromatic heterocycles. The van der Waals surface area contributed by atoms with Crippen LogP contribution in [0.4, 0.5) is 0 Å². The third-order valence-electron chi connectivity index (χ3n) is 5.52. The topological polar surface area (TPSA) is 95.0 Å². The number of hydrogen-bond donors (Lipinski definition) is 1. The zero-order valence-electron chi connectivity index (χ0n) is 15.7. The molecule has 2 heterocycles. The van der Waals surface area contributed by atoms with E-state index in [1.165, 1.54) is 0 Å². The Kier molecular flexibility index (Phi) is 5.04. The first-order chi connectivity index (χ1) is 12.7. The molecule has 3 unspecified atom stereocenters. The summed E-state index contributed by atoms with van der Waals surface area (Å²) in [6.45, 7) is 6.04. The first-order valence-corrected chi connectivity index (χ1v) is 9.22. The molecule has 1 aromatic carbocycles. The van der Waals surface area contributed by atoms with Crippen molar-refractivity contribution in [3.63, 3.8) is 0 Å². The summed E-state index contributed by atoms with van der Waals surface area (Å²) in [4.78, 5) is 52.8. The zero-order chi connectivity index (χ0) is 19.9. The number of amides is 3. The summed E-state index contributed by atoms with van der Waals surface area (Å²) in [6, 6.07) is 5.68. The van der Waals surface area contributed by atoms with E-state index in [0.717, 1.165) is 4.90 Å². The fraction of sp³-hybridized carbons (Fsp3) is 0.500. The van der Waals surface area contributed by atoms with E-state index in [4.69, 9.17) is 0 Å². The Labute approximate surface area is 157 Å². The number of carboxylic acid groups (broad SMARTS) is 1. The van der Waals surface area contributed by atoms with Gasteiger partial charge >= 0.3 is 5.97 Å². The molecule has 0 bridgehead atoms. The van der Waals surface area contributed by atoms with Gasteiger partial charge in [-0.2, -0.15) is 0 Å². The van der Waals surface area contributed by atoms with Crippen LogP contribution in [-0.2, 0) is 9.59 Å². The van der Waals surface area contributed by atoms with Crippen LogP contribution in [0.15, 0.2) is 24.3 Å². The highest BCUT2D eigenvalue weighted by atomic mass is 16.4. The van der Waals surface area contributed by atoms with Crippen molar-refractivity contribution in [3.8, 4) is 0 Å². The van der Waals surface area contributed by atoms with E-state index in [1.807, 2.05) is 6.92 Å². The predicted molar refractivity (Wildman–Crippen MR) is 97.1 cm³/mol. The van der Waals surface area contributed by atoms with Gasteiger partial charge in [-0.05, 0) is 30.4 Å². The van der Waals surface area contributed by atoms with Crippen molar-refractivity contribution in [1.29, 1.82) is 0 Å². The maximum atomic E-state index is 13.2. The smallest absolute Gasteiger partial charge is 0.306 e. The van der Waals surface area contributed by atoms with Crippen molar-refractivity contribution in [2.45, 2.75) is 33.2 Å². The quantitative estimate of drug-likeness (QED) is 0.814. The summed E-state index contributed by atoms with van der Waals surface area (Å²) in [7, 11) is 0. The molecular weight excluding hydrogens is 348 g/mol. The lowest BCUT2D eigenvalue weighted by Gasteiger charge is -2.39. The van der Waals surface area contributed by atoms with Gasteiger partial charge in [0.15, 0.2) is 0 Å². The summed E-state index contributed by atoms with van der Waals surface area (Å²) in [5.41, 5.74) is 0.637. The number of hydrogen-bond acceptors (Lipinski definition) is 4.